The summed E-state index contributed by atoms with van der Waals surface area (Å²) in [6, 6.07) is 11.7. The average molecular weight is 268 g/mol. The van der Waals surface area contributed by atoms with Crippen LogP contribution in [0, 0.1) is 0 Å². The number of hydrogen-bond acceptors (Lipinski definition) is 4. The number of aromatic hydroxyl groups is 1. The molecule has 0 fully saturated rings. The maximum Gasteiger partial charge on any atom is 0.200 e. The normalized spacial score (nSPS) is 10.7. The van der Waals surface area contributed by atoms with Crippen molar-refractivity contribution >= 4 is 11.0 Å². The SMILES string of the molecule is COc1cccc(-c2coc3cc(O)ccc3c2=O)c1. The third kappa shape index (κ3) is 2.01. The number of hydrogen-bond donors (Lipinski definition) is 1. The van der Waals surface area contributed by atoms with Gasteiger partial charge >= 0.3 is 0 Å². The number of rotatable bonds is 2. The van der Waals surface area contributed by atoms with Gasteiger partial charge in [0.1, 0.15) is 23.3 Å². The Morgan fingerprint density at radius 3 is 2.80 bits per heavy atom. The van der Waals surface area contributed by atoms with E-state index < -0.39 is 0 Å². The second kappa shape index (κ2) is 4.74. The van der Waals surface area contributed by atoms with Crippen molar-refractivity contribution in [3.05, 3.63) is 59.0 Å². The fourth-order valence-electron chi connectivity index (χ4n) is 2.11. The van der Waals surface area contributed by atoms with Gasteiger partial charge in [-0.2, -0.15) is 0 Å². The van der Waals surface area contributed by atoms with Crippen LogP contribution < -0.4 is 10.2 Å². The summed E-state index contributed by atoms with van der Waals surface area (Å²) in [5, 5.41) is 9.83. The lowest BCUT2D eigenvalue weighted by molar-refractivity contribution is 0.415. The van der Waals surface area contributed by atoms with Crippen LogP contribution in [0.25, 0.3) is 22.1 Å². The van der Waals surface area contributed by atoms with Crippen LogP contribution in [0.2, 0.25) is 0 Å². The predicted molar refractivity (Wildman–Crippen MR) is 76.1 cm³/mol. The lowest BCUT2D eigenvalue weighted by atomic mass is 10.1. The van der Waals surface area contributed by atoms with E-state index in [1.807, 2.05) is 18.2 Å². The van der Waals surface area contributed by atoms with Crippen molar-refractivity contribution in [3.63, 3.8) is 0 Å². The van der Waals surface area contributed by atoms with Gasteiger partial charge in [0, 0.05) is 6.07 Å². The van der Waals surface area contributed by atoms with Crippen LogP contribution in [-0.4, -0.2) is 12.2 Å². The predicted octanol–water partition coefficient (Wildman–Crippen LogP) is 3.17. The Labute approximate surface area is 114 Å². The largest absolute Gasteiger partial charge is 0.508 e. The van der Waals surface area contributed by atoms with Crippen molar-refractivity contribution in [1.82, 2.24) is 0 Å². The van der Waals surface area contributed by atoms with Gasteiger partial charge < -0.3 is 14.3 Å². The van der Waals surface area contributed by atoms with Crippen molar-refractivity contribution < 1.29 is 14.3 Å². The molecule has 0 saturated heterocycles. The van der Waals surface area contributed by atoms with Gasteiger partial charge in [0.25, 0.3) is 0 Å². The van der Waals surface area contributed by atoms with Gasteiger partial charge in [-0.1, -0.05) is 12.1 Å². The van der Waals surface area contributed by atoms with Crippen molar-refractivity contribution in [1.29, 1.82) is 0 Å². The number of benzene rings is 2. The smallest absolute Gasteiger partial charge is 0.200 e. The molecule has 0 spiro atoms. The molecule has 0 unspecified atom stereocenters. The van der Waals surface area contributed by atoms with Gasteiger partial charge in [-0.3, -0.25) is 4.79 Å². The minimum absolute atomic E-state index is 0.0646. The average Bonchev–Trinajstić information content (AvgIpc) is 2.47. The fourth-order valence-corrected chi connectivity index (χ4v) is 2.11. The van der Waals surface area contributed by atoms with E-state index in [1.54, 1.807) is 19.2 Å². The topological polar surface area (TPSA) is 59.7 Å². The third-order valence-corrected chi connectivity index (χ3v) is 3.14. The molecular formula is C16H12O4. The zero-order chi connectivity index (χ0) is 14.1. The summed E-state index contributed by atoms with van der Waals surface area (Å²) in [7, 11) is 1.57. The summed E-state index contributed by atoms with van der Waals surface area (Å²) >= 11 is 0. The highest BCUT2D eigenvalue weighted by Crippen LogP contribution is 2.24. The van der Waals surface area contributed by atoms with Crippen LogP contribution in [0.1, 0.15) is 0 Å². The molecule has 20 heavy (non-hydrogen) atoms. The number of ether oxygens (including phenoxy) is 1. The monoisotopic (exact) mass is 268 g/mol. The van der Waals surface area contributed by atoms with E-state index in [2.05, 4.69) is 0 Å². The summed E-state index contributed by atoms with van der Waals surface area (Å²) in [6.07, 6.45) is 1.40. The van der Waals surface area contributed by atoms with Gasteiger partial charge in [-0.05, 0) is 29.8 Å². The Hall–Kier alpha value is -2.75. The van der Waals surface area contributed by atoms with E-state index in [-0.39, 0.29) is 11.2 Å². The number of phenolic OH excluding ortho intramolecular Hbond substituents is 1. The van der Waals surface area contributed by atoms with Gasteiger partial charge in [0.05, 0.1) is 18.1 Å². The van der Waals surface area contributed by atoms with Gasteiger partial charge in [-0.15, -0.1) is 0 Å². The molecule has 0 atom stereocenters. The molecule has 3 rings (SSSR count). The Balaban J connectivity index is 2.24. The molecule has 4 heteroatoms. The molecule has 0 bridgehead atoms. The Morgan fingerprint density at radius 1 is 1.15 bits per heavy atom. The third-order valence-electron chi connectivity index (χ3n) is 3.14. The van der Waals surface area contributed by atoms with E-state index in [0.29, 0.717) is 22.3 Å². The highest BCUT2D eigenvalue weighted by molar-refractivity contribution is 5.82. The highest BCUT2D eigenvalue weighted by atomic mass is 16.5. The molecule has 4 nitrogen and oxygen atoms in total. The molecule has 1 heterocycles. The number of fused-ring (bicyclic) bond motifs is 1. The van der Waals surface area contributed by atoms with Crippen LogP contribution in [0.5, 0.6) is 11.5 Å². The van der Waals surface area contributed by atoms with Crippen molar-refractivity contribution in [2.75, 3.05) is 7.11 Å². The molecular weight excluding hydrogens is 256 g/mol. The standard InChI is InChI=1S/C16H12O4/c1-19-12-4-2-3-10(7-12)14-9-20-15-8-11(17)5-6-13(15)16(14)18/h2-9,17H,1H3. The molecule has 0 aliphatic heterocycles. The van der Waals surface area contributed by atoms with Crippen LogP contribution in [0.3, 0.4) is 0 Å². The maximum absolute atomic E-state index is 12.5. The van der Waals surface area contributed by atoms with Crippen LogP contribution in [0.4, 0.5) is 0 Å². The first-order valence-electron chi connectivity index (χ1n) is 6.08. The number of methoxy groups -OCH3 is 1. The second-order valence-electron chi connectivity index (χ2n) is 4.39. The summed E-state index contributed by atoms with van der Waals surface area (Å²) in [4.78, 5) is 12.5. The maximum atomic E-state index is 12.5. The van der Waals surface area contributed by atoms with Crippen LogP contribution >= 0.6 is 0 Å². The van der Waals surface area contributed by atoms with E-state index in [1.165, 1.54) is 18.4 Å². The fraction of sp³-hybridized carbons (Fsp3) is 0.0625. The van der Waals surface area contributed by atoms with Crippen molar-refractivity contribution in [2.24, 2.45) is 0 Å². The quantitative estimate of drug-likeness (QED) is 0.775. The molecule has 0 amide bonds. The first-order valence-corrected chi connectivity index (χ1v) is 6.08. The highest BCUT2D eigenvalue weighted by Gasteiger charge is 2.10. The van der Waals surface area contributed by atoms with Gasteiger partial charge in [0.2, 0.25) is 0 Å². The van der Waals surface area contributed by atoms with Crippen LogP contribution in [-0.2, 0) is 0 Å². The number of phenols is 1. The minimum Gasteiger partial charge on any atom is -0.508 e. The summed E-state index contributed by atoms with van der Waals surface area (Å²) in [5.41, 5.74) is 1.41. The summed E-state index contributed by atoms with van der Waals surface area (Å²) in [6.45, 7) is 0. The van der Waals surface area contributed by atoms with Gasteiger partial charge in [0.15, 0.2) is 5.43 Å². The molecule has 2 aromatic carbocycles. The molecule has 0 radical (unpaired) electrons. The van der Waals surface area contributed by atoms with E-state index >= 15 is 0 Å². The molecule has 1 N–H and O–H groups in total. The van der Waals surface area contributed by atoms with E-state index in [9.17, 15) is 9.90 Å². The Bertz CT molecular complexity index is 833. The molecule has 3 aromatic rings. The Morgan fingerprint density at radius 2 is 2.00 bits per heavy atom. The van der Waals surface area contributed by atoms with Crippen LogP contribution in [0.15, 0.2) is 57.9 Å². The van der Waals surface area contributed by atoms with Gasteiger partial charge in [-0.25, -0.2) is 0 Å². The molecule has 0 saturated carbocycles. The second-order valence-corrected chi connectivity index (χ2v) is 4.39. The molecule has 100 valence electrons. The molecule has 0 aliphatic carbocycles. The van der Waals surface area contributed by atoms with E-state index in [4.69, 9.17) is 9.15 Å². The zero-order valence-corrected chi connectivity index (χ0v) is 10.8. The first-order chi connectivity index (χ1) is 9.69. The van der Waals surface area contributed by atoms with Crippen molar-refractivity contribution in [3.8, 4) is 22.6 Å². The zero-order valence-electron chi connectivity index (χ0n) is 10.8. The minimum atomic E-state index is -0.139. The van der Waals surface area contributed by atoms with E-state index in [0.717, 1.165) is 5.56 Å². The van der Waals surface area contributed by atoms with Crippen molar-refractivity contribution in [2.45, 2.75) is 0 Å². The lowest BCUT2D eigenvalue weighted by Crippen LogP contribution is -2.04. The Kier molecular flexibility index (Phi) is 2.91. The summed E-state index contributed by atoms with van der Waals surface area (Å²) in [5.74, 6) is 0.738. The lowest BCUT2D eigenvalue weighted by Gasteiger charge is -2.05. The molecule has 1 aromatic heterocycles. The molecule has 0 aliphatic rings. The summed E-state index contributed by atoms with van der Waals surface area (Å²) < 4.78 is 10.6. The first kappa shape index (κ1) is 12.3.